The fraction of sp³-hybridized carbons (Fsp3) is 0.733. The Morgan fingerprint density at radius 3 is 2.47 bits per heavy atom. The molecule has 0 aliphatic heterocycles. The largest absolute Gasteiger partial charge is 0.346 e. The van der Waals surface area contributed by atoms with Crippen LogP contribution in [0.4, 0.5) is 0 Å². The molecular formula is C15H23BrN2S. The predicted octanol–water partition coefficient (Wildman–Crippen LogP) is 5.54. The Kier molecular flexibility index (Phi) is 5.58. The summed E-state index contributed by atoms with van der Waals surface area (Å²) in [5.74, 6) is 2.31. The van der Waals surface area contributed by atoms with E-state index in [4.69, 9.17) is 12.2 Å². The molecule has 0 amide bonds. The van der Waals surface area contributed by atoms with Gasteiger partial charge in [0.15, 0.2) is 0 Å². The Bertz CT molecular complexity index is 474. The Morgan fingerprint density at radius 2 is 1.89 bits per heavy atom. The van der Waals surface area contributed by atoms with Crippen molar-refractivity contribution >= 4 is 28.1 Å². The summed E-state index contributed by atoms with van der Waals surface area (Å²) in [4.78, 5) is 8.18. The molecule has 0 radical (unpaired) electrons. The van der Waals surface area contributed by atoms with Crippen LogP contribution in [0.1, 0.15) is 69.8 Å². The lowest BCUT2D eigenvalue weighted by Crippen LogP contribution is -2.09. The van der Waals surface area contributed by atoms with E-state index >= 15 is 0 Å². The highest BCUT2D eigenvalue weighted by Gasteiger charge is 2.18. The lowest BCUT2D eigenvalue weighted by Gasteiger charge is -2.16. The molecule has 0 unspecified atom stereocenters. The van der Waals surface area contributed by atoms with Crippen LogP contribution in [0.5, 0.6) is 0 Å². The van der Waals surface area contributed by atoms with Crippen molar-refractivity contribution in [2.75, 3.05) is 0 Å². The van der Waals surface area contributed by atoms with Crippen molar-refractivity contribution in [3.63, 3.8) is 0 Å². The third kappa shape index (κ3) is 4.12. The summed E-state index contributed by atoms with van der Waals surface area (Å²) in [6.45, 7) is 4.46. The molecule has 1 aliphatic carbocycles. The molecule has 0 spiro atoms. The summed E-state index contributed by atoms with van der Waals surface area (Å²) in [7, 11) is 0. The maximum Gasteiger partial charge on any atom is 0.144 e. The molecule has 1 aliphatic rings. The predicted molar refractivity (Wildman–Crippen MR) is 86.1 cm³/mol. The summed E-state index contributed by atoms with van der Waals surface area (Å²) in [6, 6.07) is 0. The molecule has 0 atom stereocenters. The molecule has 0 saturated heterocycles. The molecular weight excluding hydrogens is 320 g/mol. The summed E-state index contributed by atoms with van der Waals surface area (Å²) in [6.07, 6.45) is 8.90. The normalized spacial score (nSPS) is 17.7. The van der Waals surface area contributed by atoms with Crippen LogP contribution < -0.4 is 0 Å². The molecule has 0 aromatic carbocycles. The fourth-order valence-electron chi connectivity index (χ4n) is 2.82. The lowest BCUT2D eigenvalue weighted by molar-refractivity contribution is 0.549. The van der Waals surface area contributed by atoms with E-state index < -0.39 is 0 Å². The minimum Gasteiger partial charge on any atom is -0.346 e. The van der Waals surface area contributed by atoms with Gasteiger partial charge in [0.25, 0.3) is 0 Å². The molecule has 2 nitrogen and oxygen atoms in total. The molecule has 19 heavy (non-hydrogen) atoms. The van der Waals surface area contributed by atoms with Crippen molar-refractivity contribution < 1.29 is 0 Å². The van der Waals surface area contributed by atoms with E-state index in [0.717, 1.165) is 16.7 Å². The van der Waals surface area contributed by atoms with Crippen LogP contribution in [0.25, 0.3) is 0 Å². The Labute approximate surface area is 129 Å². The minimum absolute atomic E-state index is 0.572. The van der Waals surface area contributed by atoms with E-state index in [1.807, 2.05) is 0 Å². The van der Waals surface area contributed by atoms with E-state index in [9.17, 15) is 0 Å². The van der Waals surface area contributed by atoms with E-state index in [2.05, 4.69) is 39.7 Å². The van der Waals surface area contributed by atoms with E-state index in [1.54, 1.807) is 0 Å². The fourth-order valence-corrected chi connectivity index (χ4v) is 3.39. The van der Waals surface area contributed by atoms with Gasteiger partial charge in [-0.2, -0.15) is 0 Å². The third-order valence-corrected chi connectivity index (χ3v) is 5.22. The molecule has 2 rings (SSSR count). The van der Waals surface area contributed by atoms with Crippen molar-refractivity contribution in [1.29, 1.82) is 0 Å². The van der Waals surface area contributed by atoms with E-state index in [1.165, 1.54) is 44.2 Å². The number of nitrogens with one attached hydrogen (secondary N) is 1. The number of aromatic amines is 1. The zero-order valence-corrected chi connectivity index (χ0v) is 14.2. The summed E-state index contributed by atoms with van der Waals surface area (Å²) in [5.41, 5.74) is 1.22. The van der Waals surface area contributed by atoms with Crippen LogP contribution >= 0.6 is 28.1 Å². The van der Waals surface area contributed by atoms with Crippen molar-refractivity contribution in [3.8, 4) is 0 Å². The number of nitrogens with zero attached hydrogens (tertiary/aromatic N) is 1. The number of hydrogen-bond acceptors (Lipinski definition) is 2. The zero-order chi connectivity index (χ0) is 13.8. The maximum absolute atomic E-state index is 5.41. The smallest absolute Gasteiger partial charge is 0.144 e. The van der Waals surface area contributed by atoms with Gasteiger partial charge < -0.3 is 4.98 Å². The Morgan fingerprint density at radius 1 is 1.26 bits per heavy atom. The van der Waals surface area contributed by atoms with Gasteiger partial charge in [0, 0.05) is 11.6 Å². The van der Waals surface area contributed by atoms with Gasteiger partial charge in [0.1, 0.15) is 10.5 Å². The lowest BCUT2D eigenvalue weighted by atomic mass is 9.99. The van der Waals surface area contributed by atoms with Crippen molar-refractivity contribution in [1.82, 2.24) is 9.97 Å². The van der Waals surface area contributed by atoms with Crippen LogP contribution in [0.3, 0.4) is 0 Å². The van der Waals surface area contributed by atoms with Crippen LogP contribution in [0, 0.1) is 10.6 Å². The van der Waals surface area contributed by atoms with Gasteiger partial charge in [0.2, 0.25) is 0 Å². The van der Waals surface area contributed by atoms with Gasteiger partial charge in [0.05, 0.1) is 4.47 Å². The number of H-pyrrole nitrogens is 1. The van der Waals surface area contributed by atoms with Gasteiger partial charge in [-0.15, -0.1) is 0 Å². The maximum atomic E-state index is 5.41. The molecule has 106 valence electrons. The van der Waals surface area contributed by atoms with Crippen molar-refractivity contribution in [3.05, 3.63) is 20.6 Å². The van der Waals surface area contributed by atoms with E-state index in [-0.39, 0.29) is 0 Å². The second-order valence-corrected chi connectivity index (χ2v) is 7.19. The monoisotopic (exact) mass is 342 g/mol. The highest BCUT2D eigenvalue weighted by molar-refractivity contribution is 9.10. The highest BCUT2D eigenvalue weighted by atomic mass is 79.9. The second kappa shape index (κ2) is 6.98. The average Bonchev–Trinajstić information content (AvgIpc) is 2.63. The zero-order valence-electron chi connectivity index (χ0n) is 11.8. The summed E-state index contributed by atoms with van der Waals surface area (Å²) >= 11 is 8.99. The average molecular weight is 343 g/mol. The van der Waals surface area contributed by atoms with Crippen LogP contribution in [-0.2, 0) is 6.42 Å². The Hall–Kier alpha value is -0.220. The minimum atomic E-state index is 0.572. The van der Waals surface area contributed by atoms with Crippen LogP contribution in [0.2, 0.25) is 0 Å². The molecule has 1 aromatic heterocycles. The van der Waals surface area contributed by atoms with Gasteiger partial charge in [-0.1, -0.05) is 51.7 Å². The van der Waals surface area contributed by atoms with Gasteiger partial charge in [-0.05, 0) is 41.1 Å². The number of hydrogen-bond donors (Lipinski definition) is 1. The topological polar surface area (TPSA) is 28.7 Å². The first-order valence-electron chi connectivity index (χ1n) is 7.36. The SMILES string of the molecule is CC(C)Cc1[nH]c(C2CCCCCC2)nc(=S)c1Br. The molecule has 1 fully saturated rings. The molecule has 1 heterocycles. The Balaban J connectivity index is 2.29. The highest BCUT2D eigenvalue weighted by Crippen LogP contribution is 2.31. The first kappa shape index (κ1) is 15.2. The molecule has 4 heteroatoms. The van der Waals surface area contributed by atoms with Crippen LogP contribution in [0.15, 0.2) is 4.47 Å². The number of halogens is 1. The summed E-state index contributed by atoms with van der Waals surface area (Å²) in [5, 5.41) is 0. The quantitative estimate of drug-likeness (QED) is 0.577. The third-order valence-electron chi connectivity index (χ3n) is 3.81. The van der Waals surface area contributed by atoms with E-state index in [0.29, 0.717) is 16.5 Å². The van der Waals surface area contributed by atoms with Crippen LogP contribution in [-0.4, -0.2) is 9.97 Å². The second-order valence-electron chi connectivity index (χ2n) is 6.01. The number of rotatable bonds is 3. The standard InChI is InChI=1S/C15H23BrN2S/c1-10(2)9-12-13(16)15(19)18-14(17-12)11-7-5-3-4-6-8-11/h10-11H,3-9H2,1-2H3,(H,17,18,19). The molecule has 1 aromatic rings. The first-order chi connectivity index (χ1) is 9.08. The first-order valence-corrected chi connectivity index (χ1v) is 8.56. The molecule has 0 bridgehead atoms. The van der Waals surface area contributed by atoms with Gasteiger partial charge >= 0.3 is 0 Å². The molecule has 1 saturated carbocycles. The van der Waals surface area contributed by atoms with Gasteiger partial charge in [-0.3, -0.25) is 0 Å². The van der Waals surface area contributed by atoms with Crippen molar-refractivity contribution in [2.45, 2.75) is 64.7 Å². The van der Waals surface area contributed by atoms with Gasteiger partial charge in [-0.25, -0.2) is 4.98 Å². The van der Waals surface area contributed by atoms with Crippen molar-refractivity contribution in [2.24, 2.45) is 5.92 Å². The number of aromatic nitrogens is 2. The molecule has 1 N–H and O–H groups in total. The summed E-state index contributed by atoms with van der Waals surface area (Å²) < 4.78 is 1.70.